The summed E-state index contributed by atoms with van der Waals surface area (Å²) in [5.41, 5.74) is 8.99. The normalized spacial score (nSPS) is 16.1. The van der Waals surface area contributed by atoms with Gasteiger partial charge in [-0.2, -0.15) is 0 Å². The van der Waals surface area contributed by atoms with Crippen molar-refractivity contribution in [3.05, 3.63) is 63.1 Å². The second-order valence-electron chi connectivity index (χ2n) is 29.7. The zero-order valence-corrected chi connectivity index (χ0v) is 66.0. The fourth-order valence-electron chi connectivity index (χ4n) is 9.98. The number of Topliss-reactive ketones (excluding diaryl/α,β-unsaturated/α-hetero) is 1. The number of nitrogens with one attached hydrogen (secondary N) is 3. The van der Waals surface area contributed by atoms with Gasteiger partial charge in [0.05, 0.1) is 12.1 Å². The van der Waals surface area contributed by atoms with Crippen molar-refractivity contribution in [2.24, 2.45) is 58.8 Å². The van der Waals surface area contributed by atoms with Gasteiger partial charge in [-0.1, -0.05) is 116 Å². The van der Waals surface area contributed by atoms with E-state index in [-0.39, 0.29) is 72.3 Å². The van der Waals surface area contributed by atoms with Crippen molar-refractivity contribution in [3.8, 4) is 5.75 Å². The summed E-state index contributed by atoms with van der Waals surface area (Å²) in [6, 6.07) is 3.11. The number of fused-ring (bicyclic) bond motifs is 2. The average Bonchev–Trinajstić information content (AvgIpc) is 1.09. The summed E-state index contributed by atoms with van der Waals surface area (Å²) >= 11 is 0. The third-order valence-corrected chi connectivity index (χ3v) is 15.6. The van der Waals surface area contributed by atoms with Crippen molar-refractivity contribution in [1.29, 1.82) is 0 Å². The summed E-state index contributed by atoms with van der Waals surface area (Å²) in [6.07, 6.45) is 17.9. The number of benzene rings is 1. The lowest BCUT2D eigenvalue weighted by molar-refractivity contribution is -0.156. The van der Waals surface area contributed by atoms with Gasteiger partial charge in [0.2, 0.25) is 5.43 Å². The summed E-state index contributed by atoms with van der Waals surface area (Å²) in [6.45, 7) is 46.1. The fourth-order valence-corrected chi connectivity index (χ4v) is 9.98. The lowest BCUT2D eigenvalue weighted by atomic mass is 9.97. The van der Waals surface area contributed by atoms with Crippen LogP contribution in [0.25, 0.3) is 0 Å². The summed E-state index contributed by atoms with van der Waals surface area (Å²) < 4.78 is 44.0. The standard InChI is InChI=1S/C26H31F2N3O4.C12H25NO2.C11H23NO2.C11H25N.C6H16N2.2C4H8O.C2H7P.CH4/c1-15(2)11-29-12-16(3)8-9-31-22(29)14-30-13-19(24(33)25(34)23(30)26(31)35)21(32)7-5-17-4-6-18(27)10-20(17)28;1-10(8-9-13-5)6-7-11(14)15-12(2,3)4;1-9(7-8-12)5-6-10(13)14-11(2,3)4;1-10(2)6-5-7-11(3)8-9-12-4;1-6(5-7)3-4-8-2;1-2-4-5-3-1;1-4(2)3-5;1-2-3;/h4,6,10,13,15-16,22,34H,5,7-9,11-12,14H2,1-3H3;10,13H,6-9H2,1-5H3;9H,5-8,12H2,1-4H3;10-12H,5-9H2,1-4H3;6,8H,3-5,7H2,1-2H3;1-4H2;3-4H,1-2H3;2-3H2,1H3;1H4/t16-,22?;10-;9-;11-;6-;;;;/m10001..../s1. The van der Waals surface area contributed by atoms with E-state index in [9.17, 15) is 42.7 Å². The molecule has 2 unspecified atom stereocenters. The van der Waals surface area contributed by atoms with E-state index in [4.69, 9.17) is 25.7 Å². The summed E-state index contributed by atoms with van der Waals surface area (Å²) in [7, 11) is 8.51. The van der Waals surface area contributed by atoms with Gasteiger partial charge in [-0.3, -0.25) is 28.9 Å². The molecule has 2 saturated heterocycles. The number of aldehydes is 1. The number of aromatic nitrogens is 1. The Morgan fingerprint density at radius 1 is 0.735 bits per heavy atom. The number of hydrogen-bond donors (Lipinski definition) is 6. The van der Waals surface area contributed by atoms with E-state index in [0.29, 0.717) is 62.1 Å². The van der Waals surface area contributed by atoms with Crippen LogP contribution in [0.15, 0.2) is 29.2 Å². The Hall–Kier alpha value is -4.27. The number of amides is 1. The number of nitrogens with two attached hydrogens (primary N) is 2. The Morgan fingerprint density at radius 3 is 1.62 bits per heavy atom. The van der Waals surface area contributed by atoms with Crippen LogP contribution in [-0.2, 0) is 41.6 Å². The molecule has 2 aromatic rings. The van der Waals surface area contributed by atoms with Crippen molar-refractivity contribution in [2.75, 3.05) is 92.9 Å². The molecule has 4 heterocycles. The molecule has 98 heavy (non-hydrogen) atoms. The third kappa shape index (κ3) is 51.8. The van der Waals surface area contributed by atoms with Gasteiger partial charge in [0.15, 0.2) is 17.2 Å². The number of pyridine rings is 1. The van der Waals surface area contributed by atoms with Gasteiger partial charge in [-0.25, -0.2) is 8.78 Å². The van der Waals surface area contributed by atoms with E-state index in [2.05, 4.69) is 99.3 Å². The summed E-state index contributed by atoms with van der Waals surface area (Å²) in [5.74, 6) is 1.08. The van der Waals surface area contributed by atoms with E-state index in [1.807, 2.05) is 76.5 Å². The molecule has 1 amide bonds. The molecule has 5 rings (SSSR count). The molecule has 7 atom stereocenters. The number of rotatable bonds is 29. The molecule has 21 heteroatoms. The molecule has 1 aromatic heterocycles. The largest absolute Gasteiger partial charge is 0.503 e. The maximum absolute atomic E-state index is 14.0. The van der Waals surface area contributed by atoms with Crippen molar-refractivity contribution in [3.63, 3.8) is 0 Å². The molecular formula is C77H147F2N8O10P. The van der Waals surface area contributed by atoms with E-state index in [1.165, 1.54) is 74.5 Å². The third-order valence-electron chi connectivity index (χ3n) is 15.6. The minimum absolute atomic E-state index is 0. The number of carbonyl (C=O) groups excluding carboxylic acids is 5. The van der Waals surface area contributed by atoms with Crippen LogP contribution in [0.2, 0.25) is 0 Å². The van der Waals surface area contributed by atoms with Crippen molar-refractivity contribution >= 4 is 39.2 Å². The van der Waals surface area contributed by atoms with E-state index in [0.717, 1.165) is 108 Å². The number of halogens is 2. The van der Waals surface area contributed by atoms with Crippen LogP contribution < -0.4 is 32.8 Å². The molecular weight excluding hydrogens is 1270 g/mol. The van der Waals surface area contributed by atoms with E-state index in [1.54, 1.807) is 4.90 Å². The number of esters is 2. The van der Waals surface area contributed by atoms with Gasteiger partial charge in [0.1, 0.15) is 35.3 Å². The van der Waals surface area contributed by atoms with Crippen LogP contribution in [0.5, 0.6) is 5.75 Å². The smallest absolute Gasteiger partial charge is 0.306 e. The molecule has 1 aromatic carbocycles. The zero-order valence-electron chi connectivity index (χ0n) is 64.8. The Morgan fingerprint density at radius 2 is 1.21 bits per heavy atom. The van der Waals surface area contributed by atoms with Gasteiger partial charge in [0, 0.05) is 70.3 Å². The fraction of sp³-hybridized carbons (Fsp3) is 0.792. The van der Waals surface area contributed by atoms with Crippen molar-refractivity contribution in [1.82, 2.24) is 30.3 Å². The first-order valence-electron chi connectivity index (χ1n) is 36.4. The van der Waals surface area contributed by atoms with Crippen LogP contribution in [0.4, 0.5) is 8.78 Å². The molecule has 2 fully saturated rings. The summed E-state index contributed by atoms with van der Waals surface area (Å²) in [4.78, 5) is 75.3. The minimum Gasteiger partial charge on any atom is -0.503 e. The first-order chi connectivity index (χ1) is 45.4. The van der Waals surface area contributed by atoms with Crippen LogP contribution >= 0.6 is 9.24 Å². The minimum atomic E-state index is -0.908. The van der Waals surface area contributed by atoms with Crippen molar-refractivity contribution in [2.45, 2.75) is 259 Å². The molecule has 0 bridgehead atoms. The number of aryl methyl sites for hydroxylation is 1. The summed E-state index contributed by atoms with van der Waals surface area (Å²) in [5, 5.41) is 20.1. The van der Waals surface area contributed by atoms with Crippen molar-refractivity contribution < 1.29 is 52.1 Å². The Balaban J connectivity index is -0.000000588. The lowest BCUT2D eigenvalue weighted by Crippen LogP contribution is -2.57. The topological polar surface area (TPSA) is 250 Å². The SMILES string of the molecule is C.C1CCOC1.CC(C)C=O.CC(C)CN1C[C@H](C)CCN2C(=O)c3c(O)c(=O)c(C(=O)CCc4ccc(F)cc4F)cn3CC12.CCP.CNCC[C@@H](C)CCC(=O)OC(C)(C)C.CNCC[C@@H](C)CCCC(C)C.CNCC[C@@H](C)CN.C[C@H](CCN)CCC(=O)OC(C)(C)C. The molecule has 0 saturated carbocycles. The highest BCUT2D eigenvalue weighted by Crippen LogP contribution is 2.30. The Labute approximate surface area is 598 Å². The van der Waals surface area contributed by atoms with Crippen LogP contribution in [0, 0.1) is 59.0 Å². The van der Waals surface area contributed by atoms with Crippen LogP contribution in [0.1, 0.15) is 255 Å². The number of nitrogens with zero attached hydrogens (tertiary/aromatic N) is 3. The molecule has 3 aliphatic rings. The van der Waals surface area contributed by atoms with Gasteiger partial charge in [0.25, 0.3) is 5.91 Å². The van der Waals surface area contributed by atoms with Gasteiger partial charge in [-0.05, 0) is 219 Å². The van der Waals surface area contributed by atoms with Gasteiger partial charge < -0.3 is 61.0 Å². The predicted molar refractivity (Wildman–Crippen MR) is 408 cm³/mol. The van der Waals surface area contributed by atoms with Crippen LogP contribution in [0.3, 0.4) is 0 Å². The number of ether oxygens (including phenoxy) is 3. The zero-order chi connectivity index (χ0) is 74.9. The first kappa shape index (κ1) is 100. The highest BCUT2D eigenvalue weighted by molar-refractivity contribution is 7.16. The molecule has 18 nitrogen and oxygen atoms in total. The second kappa shape index (κ2) is 58.3. The van der Waals surface area contributed by atoms with E-state index >= 15 is 0 Å². The number of ketones is 1. The predicted octanol–water partition coefficient (Wildman–Crippen LogP) is 14.3. The Kier molecular flexibility index (Phi) is 59.5. The quantitative estimate of drug-likeness (QED) is 0.0192. The molecule has 0 radical (unpaired) electrons. The molecule has 3 aliphatic heterocycles. The van der Waals surface area contributed by atoms with E-state index < -0.39 is 34.5 Å². The first-order valence-corrected chi connectivity index (χ1v) is 37.2. The number of hydrogen-bond acceptors (Lipinski definition) is 16. The van der Waals surface area contributed by atoms with Crippen LogP contribution in [-0.4, -0.2) is 160 Å². The van der Waals surface area contributed by atoms with Gasteiger partial charge >= 0.3 is 11.9 Å². The number of carbonyl (C=O) groups is 5. The highest BCUT2D eigenvalue weighted by atomic mass is 31.0. The molecule has 0 spiro atoms. The average molecular weight is 1410 g/mol. The second-order valence-corrected chi connectivity index (χ2v) is 30.5. The van der Waals surface area contributed by atoms with Gasteiger partial charge in [-0.15, -0.1) is 9.24 Å². The number of aromatic hydroxyl groups is 1. The maximum Gasteiger partial charge on any atom is 0.306 e. The maximum atomic E-state index is 14.0. The highest BCUT2D eigenvalue weighted by Gasteiger charge is 2.41. The molecule has 0 aliphatic carbocycles. The lowest BCUT2D eigenvalue weighted by Gasteiger charge is -2.42. The monoisotopic (exact) mass is 1410 g/mol. The molecule has 574 valence electrons. The molecule has 8 N–H and O–H groups in total. The Bertz CT molecular complexity index is 2440.